The minimum atomic E-state index is 0.222. The fraction of sp³-hybridized carbons (Fsp3) is 0. The number of nitrogens with zero attached hydrogens (tertiary/aromatic N) is 2. The van der Waals surface area contributed by atoms with Crippen LogP contribution in [0.3, 0.4) is 0 Å². The van der Waals surface area contributed by atoms with Gasteiger partial charge in [-0.05, 0) is 41.5 Å². The van der Waals surface area contributed by atoms with Crippen LogP contribution in [0, 0.1) is 10.8 Å². The molecule has 0 atom stereocenters. The Hall–Kier alpha value is -4.74. The number of thiazole rings is 1. The molecule has 0 saturated heterocycles. The molecule has 0 aliphatic heterocycles. The number of hydrogen-bond acceptors (Lipinski definition) is 5. The van der Waals surface area contributed by atoms with E-state index in [1.54, 1.807) is 17.4 Å². The molecule has 37 heavy (non-hydrogen) atoms. The number of allylic oxidation sites excluding steroid dienone is 1. The predicted molar refractivity (Wildman–Crippen MR) is 155 cm³/mol. The van der Waals surface area contributed by atoms with Gasteiger partial charge in [-0.15, -0.1) is 11.3 Å². The molecule has 4 aromatic carbocycles. The molecule has 4 nitrogen and oxygen atoms in total. The number of benzene rings is 4. The standard InChI is InChI=1S/C32H20N4S/c33-25-18-17-24-29(30(25)34)23-5-1-2-6-26(23)35-31(24)21-13-9-19(10-14-21)20-11-15-22(16-12-20)32-36-27-7-3-4-8-28(27)37-32/h1-18,33-34H. The molecule has 2 N–H and O–H groups in total. The molecule has 0 amide bonds. The fourth-order valence-corrected chi connectivity index (χ4v) is 5.86. The Balaban J connectivity index is 1.25. The van der Waals surface area contributed by atoms with Crippen molar-refractivity contribution in [3.8, 4) is 33.0 Å². The highest BCUT2D eigenvalue weighted by Crippen LogP contribution is 2.35. The monoisotopic (exact) mass is 492 g/mol. The van der Waals surface area contributed by atoms with Gasteiger partial charge < -0.3 is 0 Å². The summed E-state index contributed by atoms with van der Waals surface area (Å²) in [5, 5.41) is 18.7. The average molecular weight is 493 g/mol. The molecule has 1 aliphatic rings. The highest BCUT2D eigenvalue weighted by Gasteiger charge is 2.22. The summed E-state index contributed by atoms with van der Waals surface area (Å²) >= 11 is 1.71. The molecule has 0 saturated carbocycles. The molecule has 0 spiro atoms. The average Bonchev–Trinajstić information content (AvgIpc) is 3.39. The van der Waals surface area contributed by atoms with E-state index in [4.69, 9.17) is 20.8 Å². The molecule has 0 fully saturated rings. The summed E-state index contributed by atoms with van der Waals surface area (Å²) in [6, 6.07) is 33.0. The predicted octanol–water partition coefficient (Wildman–Crippen LogP) is 8.26. The quantitative estimate of drug-likeness (QED) is 0.261. The molecular formula is C32H20N4S. The van der Waals surface area contributed by atoms with Crippen molar-refractivity contribution in [1.29, 1.82) is 10.8 Å². The van der Waals surface area contributed by atoms with E-state index in [1.165, 1.54) is 4.70 Å². The first-order valence-corrected chi connectivity index (χ1v) is 12.8. The topological polar surface area (TPSA) is 73.5 Å². The highest BCUT2D eigenvalue weighted by atomic mass is 32.1. The van der Waals surface area contributed by atoms with E-state index in [0.29, 0.717) is 0 Å². The van der Waals surface area contributed by atoms with Crippen molar-refractivity contribution in [3.63, 3.8) is 0 Å². The molecule has 0 radical (unpaired) electrons. The lowest BCUT2D eigenvalue weighted by Crippen LogP contribution is -2.17. The van der Waals surface area contributed by atoms with Gasteiger partial charge in [0.25, 0.3) is 0 Å². The molecule has 7 rings (SSSR count). The van der Waals surface area contributed by atoms with Gasteiger partial charge in [-0.3, -0.25) is 10.8 Å². The lowest BCUT2D eigenvalue weighted by atomic mass is 9.88. The van der Waals surface area contributed by atoms with Crippen LogP contribution in [0.25, 0.3) is 60.2 Å². The first-order valence-electron chi connectivity index (χ1n) is 12.0. The van der Waals surface area contributed by atoms with Gasteiger partial charge in [0.2, 0.25) is 0 Å². The van der Waals surface area contributed by atoms with Crippen molar-refractivity contribution in [3.05, 3.63) is 114 Å². The third-order valence-corrected chi connectivity index (χ3v) is 7.87. The number of aromatic nitrogens is 2. The van der Waals surface area contributed by atoms with E-state index in [0.717, 1.165) is 60.5 Å². The molecule has 2 heterocycles. The Morgan fingerprint density at radius 1 is 0.568 bits per heavy atom. The molecule has 1 aliphatic carbocycles. The van der Waals surface area contributed by atoms with Crippen molar-refractivity contribution >= 4 is 50.0 Å². The van der Waals surface area contributed by atoms with E-state index >= 15 is 0 Å². The lowest BCUT2D eigenvalue weighted by Gasteiger charge is -2.19. The van der Waals surface area contributed by atoms with Crippen LogP contribution in [0.1, 0.15) is 11.1 Å². The normalized spacial score (nSPS) is 12.9. The summed E-state index contributed by atoms with van der Waals surface area (Å²) in [4.78, 5) is 9.73. The number of fused-ring (bicyclic) bond motifs is 4. The molecular weight excluding hydrogens is 472 g/mol. The van der Waals surface area contributed by atoms with Crippen molar-refractivity contribution in [2.24, 2.45) is 0 Å². The molecule has 6 aromatic rings. The maximum Gasteiger partial charge on any atom is 0.124 e. The Morgan fingerprint density at radius 2 is 1.19 bits per heavy atom. The second-order valence-corrected chi connectivity index (χ2v) is 10.1. The summed E-state index contributed by atoms with van der Waals surface area (Å²) in [5.74, 6) is 0. The van der Waals surface area contributed by atoms with Crippen LogP contribution >= 0.6 is 11.3 Å². The smallest absolute Gasteiger partial charge is 0.124 e. The van der Waals surface area contributed by atoms with Gasteiger partial charge in [0.05, 0.1) is 32.9 Å². The summed E-state index contributed by atoms with van der Waals surface area (Å²) in [5.41, 5.74) is 9.21. The second-order valence-electron chi connectivity index (χ2n) is 9.03. The van der Waals surface area contributed by atoms with Crippen LogP contribution in [-0.4, -0.2) is 21.4 Å². The number of rotatable bonds is 3. The van der Waals surface area contributed by atoms with Gasteiger partial charge >= 0.3 is 0 Å². The number of nitrogens with one attached hydrogen (secondary N) is 2. The Bertz CT molecular complexity index is 1860. The fourth-order valence-electron chi connectivity index (χ4n) is 4.88. The summed E-state index contributed by atoms with van der Waals surface area (Å²) < 4.78 is 1.20. The van der Waals surface area contributed by atoms with Crippen LogP contribution in [0.15, 0.2) is 103 Å². The molecule has 174 valence electrons. The summed E-state index contributed by atoms with van der Waals surface area (Å²) in [7, 11) is 0. The maximum absolute atomic E-state index is 8.57. The largest absolute Gasteiger partial charge is 0.299 e. The minimum Gasteiger partial charge on any atom is -0.299 e. The van der Waals surface area contributed by atoms with E-state index in [1.807, 2.05) is 42.5 Å². The van der Waals surface area contributed by atoms with Crippen LogP contribution in [0.2, 0.25) is 0 Å². The Morgan fingerprint density at radius 3 is 1.92 bits per heavy atom. The number of para-hydroxylation sites is 2. The third-order valence-electron chi connectivity index (χ3n) is 6.78. The van der Waals surface area contributed by atoms with Crippen LogP contribution in [0.4, 0.5) is 0 Å². The zero-order chi connectivity index (χ0) is 24.9. The van der Waals surface area contributed by atoms with Crippen molar-refractivity contribution in [2.45, 2.75) is 0 Å². The van der Waals surface area contributed by atoms with Crippen LogP contribution < -0.4 is 0 Å². The van der Waals surface area contributed by atoms with Gasteiger partial charge in [0, 0.05) is 27.6 Å². The van der Waals surface area contributed by atoms with Gasteiger partial charge in [-0.25, -0.2) is 9.97 Å². The van der Waals surface area contributed by atoms with Gasteiger partial charge in [-0.2, -0.15) is 0 Å². The van der Waals surface area contributed by atoms with Gasteiger partial charge in [0.15, 0.2) is 0 Å². The van der Waals surface area contributed by atoms with Crippen molar-refractivity contribution in [1.82, 2.24) is 9.97 Å². The van der Waals surface area contributed by atoms with Gasteiger partial charge in [0.1, 0.15) is 5.01 Å². The highest BCUT2D eigenvalue weighted by molar-refractivity contribution is 7.21. The zero-order valence-electron chi connectivity index (χ0n) is 19.7. The first-order chi connectivity index (χ1) is 18.2. The van der Waals surface area contributed by atoms with Crippen molar-refractivity contribution in [2.75, 3.05) is 0 Å². The van der Waals surface area contributed by atoms with E-state index < -0.39 is 0 Å². The molecule has 0 unspecified atom stereocenters. The van der Waals surface area contributed by atoms with E-state index in [9.17, 15) is 0 Å². The first kappa shape index (κ1) is 21.5. The molecule has 0 bridgehead atoms. The Labute approximate surface area is 217 Å². The van der Waals surface area contributed by atoms with Crippen LogP contribution in [-0.2, 0) is 0 Å². The zero-order valence-corrected chi connectivity index (χ0v) is 20.5. The summed E-state index contributed by atoms with van der Waals surface area (Å²) in [6.45, 7) is 0. The lowest BCUT2D eigenvalue weighted by molar-refractivity contribution is 1.36. The number of hydrogen-bond donors (Lipinski definition) is 2. The van der Waals surface area contributed by atoms with Crippen LogP contribution in [0.5, 0.6) is 0 Å². The molecule has 2 aromatic heterocycles. The van der Waals surface area contributed by atoms with Gasteiger partial charge in [-0.1, -0.05) is 78.9 Å². The van der Waals surface area contributed by atoms with Crippen molar-refractivity contribution < 1.29 is 0 Å². The Kier molecular flexibility index (Phi) is 4.91. The number of pyridine rings is 1. The maximum atomic E-state index is 8.57. The second kappa shape index (κ2) is 8.43. The summed E-state index contributed by atoms with van der Waals surface area (Å²) in [6.07, 6.45) is 3.60. The third kappa shape index (κ3) is 3.60. The minimum absolute atomic E-state index is 0.222. The SMILES string of the molecule is N=C1C=Cc2c(-c3ccc(-c4ccc(-c5nc6ccccc6s5)cc4)cc3)nc3ccccc3c2C1=N. The van der Waals surface area contributed by atoms with E-state index in [2.05, 4.69) is 60.7 Å². The van der Waals surface area contributed by atoms with E-state index in [-0.39, 0.29) is 11.4 Å². The molecule has 5 heteroatoms.